The zero-order valence-electron chi connectivity index (χ0n) is 30.3. The number of hydrogen-bond donors (Lipinski definition) is 0. The van der Waals surface area contributed by atoms with Crippen molar-refractivity contribution in [3.05, 3.63) is 83.9 Å². The second kappa shape index (κ2) is 15.1. The second-order valence-corrected chi connectivity index (χ2v) is 17.0. The van der Waals surface area contributed by atoms with E-state index < -0.39 is 40.1 Å². The number of nitrogens with zero attached hydrogens (tertiary/aromatic N) is 2. The van der Waals surface area contributed by atoms with E-state index in [2.05, 4.69) is 0 Å². The largest absolute Gasteiger partial charge is 0.489 e. The molecule has 0 bridgehead atoms. The molecule has 4 aliphatic heterocycles. The summed E-state index contributed by atoms with van der Waals surface area (Å²) in [5.74, 6) is 1.83. The van der Waals surface area contributed by atoms with Gasteiger partial charge in [-0.05, 0) is 80.8 Å². The van der Waals surface area contributed by atoms with Crippen LogP contribution in [0.1, 0.15) is 57.1 Å². The highest BCUT2D eigenvalue weighted by Gasteiger charge is 2.53. The van der Waals surface area contributed by atoms with Crippen molar-refractivity contribution in [2.24, 2.45) is 11.8 Å². The first-order valence-electron chi connectivity index (χ1n) is 18.7. The van der Waals surface area contributed by atoms with E-state index in [0.29, 0.717) is 37.7 Å². The van der Waals surface area contributed by atoms with E-state index in [4.69, 9.17) is 33.2 Å². The average molecular weight is 749 g/mol. The van der Waals surface area contributed by atoms with Gasteiger partial charge < -0.3 is 33.2 Å². The lowest BCUT2D eigenvalue weighted by Crippen LogP contribution is -2.51. The van der Waals surface area contributed by atoms with Crippen molar-refractivity contribution in [2.45, 2.75) is 94.1 Å². The van der Waals surface area contributed by atoms with Crippen LogP contribution in [0.3, 0.4) is 0 Å². The number of hydrogen-bond acceptors (Lipinski definition) is 10. The van der Waals surface area contributed by atoms with Gasteiger partial charge in [0.05, 0.1) is 36.2 Å². The lowest BCUT2D eigenvalue weighted by molar-refractivity contribution is -0.0911. The quantitative estimate of drug-likeness (QED) is 0.214. The first kappa shape index (κ1) is 36.1. The van der Waals surface area contributed by atoms with Crippen molar-refractivity contribution < 1.29 is 46.4 Å². The molecule has 1 saturated carbocycles. The number of sulfonamides is 1. The normalized spacial score (nSPS) is 26.3. The minimum Gasteiger partial charge on any atom is -0.489 e. The molecular weight excluding hydrogens is 701 g/mol. The van der Waals surface area contributed by atoms with Crippen LogP contribution in [-0.4, -0.2) is 87.1 Å². The average Bonchev–Trinajstić information content (AvgIpc) is 3.99. The Hall–Kier alpha value is -3.88. The zero-order valence-corrected chi connectivity index (χ0v) is 31.1. The molecule has 3 aromatic rings. The Bertz CT molecular complexity index is 1850. The van der Waals surface area contributed by atoms with Crippen LogP contribution in [0, 0.1) is 11.8 Å². The van der Waals surface area contributed by atoms with Crippen molar-refractivity contribution >= 4 is 16.1 Å². The van der Waals surface area contributed by atoms with Crippen LogP contribution in [0.25, 0.3) is 0 Å². The number of amides is 1. The van der Waals surface area contributed by atoms with Crippen LogP contribution >= 0.6 is 0 Å². The summed E-state index contributed by atoms with van der Waals surface area (Å²) >= 11 is 0. The zero-order chi connectivity index (χ0) is 36.6. The predicted octanol–water partition coefficient (Wildman–Crippen LogP) is 6.12. The molecule has 4 heterocycles. The Morgan fingerprint density at radius 3 is 2.47 bits per heavy atom. The third kappa shape index (κ3) is 7.72. The molecule has 1 aliphatic carbocycles. The van der Waals surface area contributed by atoms with Crippen molar-refractivity contribution in [3.8, 4) is 17.2 Å². The summed E-state index contributed by atoms with van der Waals surface area (Å²) in [6, 6.07) is 22.0. The Kier molecular flexibility index (Phi) is 10.3. The first-order chi connectivity index (χ1) is 25.6. The van der Waals surface area contributed by atoms with Crippen molar-refractivity contribution in [1.82, 2.24) is 9.21 Å². The number of fused-ring (bicyclic) bond motifs is 2. The van der Waals surface area contributed by atoms with Gasteiger partial charge >= 0.3 is 6.09 Å². The van der Waals surface area contributed by atoms with Gasteiger partial charge in [-0.2, -0.15) is 4.31 Å². The smallest absolute Gasteiger partial charge is 0.412 e. The summed E-state index contributed by atoms with van der Waals surface area (Å²) < 4.78 is 72.0. The highest BCUT2D eigenvalue weighted by Crippen LogP contribution is 2.40. The molecule has 0 aromatic heterocycles. The topological polar surface area (TPSA) is 122 Å². The fourth-order valence-corrected chi connectivity index (χ4v) is 9.93. The van der Waals surface area contributed by atoms with Gasteiger partial charge in [0, 0.05) is 19.2 Å². The molecule has 13 heteroatoms. The third-order valence-electron chi connectivity index (χ3n) is 11.1. The maximum absolute atomic E-state index is 14.5. The van der Waals surface area contributed by atoms with Crippen LogP contribution in [0.2, 0.25) is 0 Å². The number of carbonyl (C=O) groups is 1. The molecular formula is C40H48N2O10S. The molecule has 8 rings (SSSR count). The van der Waals surface area contributed by atoms with E-state index in [1.807, 2.05) is 68.4 Å². The van der Waals surface area contributed by atoms with E-state index >= 15 is 0 Å². The van der Waals surface area contributed by atoms with E-state index in [-0.39, 0.29) is 43.0 Å². The molecule has 53 heavy (non-hydrogen) atoms. The molecule has 3 saturated heterocycles. The SMILES string of the molecule is CC1(C)O[C@H](CN(CC2CCCC2)S(=O)(=O)c2ccc3c(c2)OCO3)[C@H](Cc2ccc(OCc3ccccc3)cc2)N1C(=O)OC1COC2OCCC12. The highest BCUT2D eigenvalue weighted by molar-refractivity contribution is 7.89. The Balaban J connectivity index is 1.07. The van der Waals surface area contributed by atoms with E-state index in [0.717, 1.165) is 49.0 Å². The van der Waals surface area contributed by atoms with Crippen molar-refractivity contribution in [1.29, 1.82) is 0 Å². The van der Waals surface area contributed by atoms with Gasteiger partial charge in [-0.25, -0.2) is 13.2 Å². The second-order valence-electron chi connectivity index (χ2n) is 15.1. The Morgan fingerprint density at radius 1 is 0.906 bits per heavy atom. The molecule has 0 radical (unpaired) electrons. The minimum absolute atomic E-state index is 0.0305. The number of benzene rings is 3. The minimum atomic E-state index is -4.00. The number of ether oxygens (including phenoxy) is 7. The van der Waals surface area contributed by atoms with Crippen molar-refractivity contribution in [2.75, 3.05) is 33.1 Å². The number of carbonyl (C=O) groups excluding carboxylic acids is 1. The van der Waals surface area contributed by atoms with E-state index in [1.165, 1.54) is 6.07 Å². The van der Waals surface area contributed by atoms with Crippen molar-refractivity contribution in [3.63, 3.8) is 0 Å². The Morgan fingerprint density at radius 2 is 1.68 bits per heavy atom. The maximum Gasteiger partial charge on any atom is 0.412 e. The van der Waals surface area contributed by atoms with Gasteiger partial charge in [-0.15, -0.1) is 0 Å². The summed E-state index contributed by atoms with van der Waals surface area (Å²) in [6.45, 7) is 5.39. The van der Waals surface area contributed by atoms with Gasteiger partial charge in [-0.1, -0.05) is 55.3 Å². The molecule has 284 valence electrons. The van der Waals surface area contributed by atoms with E-state index in [9.17, 15) is 13.2 Å². The third-order valence-corrected chi connectivity index (χ3v) is 13.0. The highest BCUT2D eigenvalue weighted by atomic mass is 32.2. The molecule has 3 aromatic carbocycles. The first-order valence-corrected chi connectivity index (χ1v) is 20.1. The molecule has 0 spiro atoms. The van der Waals surface area contributed by atoms with Crippen LogP contribution < -0.4 is 14.2 Å². The van der Waals surface area contributed by atoms with Gasteiger partial charge in [0.1, 0.15) is 24.2 Å². The summed E-state index contributed by atoms with van der Waals surface area (Å²) in [6.07, 6.45) is 3.21. The number of rotatable bonds is 12. The lowest BCUT2D eigenvalue weighted by atomic mass is 9.99. The van der Waals surface area contributed by atoms with Crippen LogP contribution in [0.5, 0.6) is 17.2 Å². The monoisotopic (exact) mass is 748 g/mol. The summed E-state index contributed by atoms with van der Waals surface area (Å²) in [7, 11) is -4.00. The molecule has 12 nitrogen and oxygen atoms in total. The van der Waals surface area contributed by atoms with Gasteiger partial charge in [-0.3, -0.25) is 4.90 Å². The fraction of sp³-hybridized carbons (Fsp3) is 0.525. The lowest BCUT2D eigenvalue weighted by Gasteiger charge is -2.34. The predicted molar refractivity (Wildman–Crippen MR) is 193 cm³/mol. The van der Waals surface area contributed by atoms with Crippen LogP contribution in [-0.2, 0) is 42.0 Å². The van der Waals surface area contributed by atoms with Gasteiger partial charge in [0.2, 0.25) is 16.8 Å². The van der Waals surface area contributed by atoms with Crippen LogP contribution in [0.4, 0.5) is 4.79 Å². The molecule has 0 N–H and O–H groups in total. The molecule has 1 amide bonds. The fourth-order valence-electron chi connectivity index (χ4n) is 8.39. The Labute approximate surface area is 311 Å². The molecule has 4 fully saturated rings. The summed E-state index contributed by atoms with van der Waals surface area (Å²) in [4.78, 5) is 16.1. The molecule has 5 atom stereocenters. The van der Waals surface area contributed by atoms with E-state index in [1.54, 1.807) is 21.3 Å². The van der Waals surface area contributed by atoms with Gasteiger partial charge in [0.25, 0.3) is 0 Å². The van der Waals surface area contributed by atoms with Gasteiger partial charge in [0.15, 0.2) is 17.8 Å². The maximum atomic E-state index is 14.5. The standard InChI is InChI=1S/C40H48N2O10S/c1-40(2)42(39(43)51-37-25-48-38-32(37)18-19-46-38)33(20-27-12-14-30(15-13-27)47-24-29-10-4-3-5-11-29)36(52-40)23-41(22-28-8-6-7-9-28)53(44,45)31-16-17-34-35(21-31)50-26-49-34/h3-5,10-17,21,28,32-33,36-38H,6-9,18-20,22-26H2,1-2H3/t32?,33-,36+,37?,38?/m0/s1. The van der Waals surface area contributed by atoms with Crippen LogP contribution in [0.15, 0.2) is 77.7 Å². The molecule has 3 unspecified atom stereocenters. The summed E-state index contributed by atoms with van der Waals surface area (Å²) in [5, 5.41) is 0. The molecule has 5 aliphatic rings. The summed E-state index contributed by atoms with van der Waals surface area (Å²) in [5.41, 5.74) is 0.915.